The van der Waals surface area contributed by atoms with E-state index in [1.807, 2.05) is 0 Å². The smallest absolute Gasteiger partial charge is 0.444 e. The second kappa shape index (κ2) is 11.2. The average Bonchev–Trinajstić information content (AvgIpc) is 2.70. The predicted octanol–water partition coefficient (Wildman–Crippen LogP) is 5.74. The number of amides is 1. The SMILES string of the molecule is CC(C)(C)OC(=O)N(CCc1ccc(OS(=O)(=O)C(F)(F)F)c(Cl)c1)CC(O)c1cccc(Cl)c1. The highest BCUT2D eigenvalue weighted by molar-refractivity contribution is 7.88. The highest BCUT2D eigenvalue weighted by Crippen LogP contribution is 2.32. The van der Waals surface area contributed by atoms with Crippen LogP contribution in [0.5, 0.6) is 5.75 Å². The van der Waals surface area contributed by atoms with Gasteiger partial charge in [-0.2, -0.15) is 21.6 Å². The second-order valence-corrected chi connectivity index (χ2v) is 10.9. The minimum Gasteiger partial charge on any atom is -0.444 e. The number of carbonyl (C=O) groups excluding carboxylic acids is 1. The third kappa shape index (κ3) is 8.75. The lowest BCUT2D eigenvalue weighted by Gasteiger charge is -2.29. The summed E-state index contributed by atoms with van der Waals surface area (Å²) in [7, 11) is -5.87. The van der Waals surface area contributed by atoms with Crippen LogP contribution in [0.25, 0.3) is 0 Å². The van der Waals surface area contributed by atoms with Crippen molar-refractivity contribution in [2.24, 2.45) is 0 Å². The van der Waals surface area contributed by atoms with Gasteiger partial charge < -0.3 is 18.9 Å². The lowest BCUT2D eigenvalue weighted by atomic mass is 10.1. The lowest BCUT2D eigenvalue weighted by Crippen LogP contribution is -2.40. The van der Waals surface area contributed by atoms with Gasteiger partial charge in [0.05, 0.1) is 17.7 Å². The van der Waals surface area contributed by atoms with Crippen molar-refractivity contribution >= 4 is 39.4 Å². The molecule has 2 rings (SSSR count). The van der Waals surface area contributed by atoms with E-state index in [9.17, 15) is 31.5 Å². The van der Waals surface area contributed by atoms with Crippen molar-refractivity contribution < 1.29 is 40.4 Å². The number of hydrogen-bond acceptors (Lipinski definition) is 6. The molecular formula is C22H24Cl2F3NO6S. The summed E-state index contributed by atoms with van der Waals surface area (Å²) in [6.07, 6.45) is -1.61. The number of nitrogens with zero attached hydrogens (tertiary/aromatic N) is 1. The number of ether oxygens (including phenoxy) is 1. The molecule has 1 atom stereocenters. The summed E-state index contributed by atoms with van der Waals surface area (Å²) in [5.74, 6) is -0.687. The number of rotatable bonds is 8. The monoisotopic (exact) mass is 557 g/mol. The van der Waals surface area contributed by atoms with Crippen LogP contribution in [0.4, 0.5) is 18.0 Å². The van der Waals surface area contributed by atoms with Crippen molar-refractivity contribution in [2.45, 2.75) is 44.4 Å². The Morgan fingerprint density at radius 3 is 2.31 bits per heavy atom. The van der Waals surface area contributed by atoms with Crippen molar-refractivity contribution in [3.63, 3.8) is 0 Å². The molecule has 0 heterocycles. The van der Waals surface area contributed by atoms with Crippen molar-refractivity contribution in [3.8, 4) is 5.75 Å². The first-order valence-corrected chi connectivity index (χ1v) is 12.4. The Morgan fingerprint density at radius 2 is 1.77 bits per heavy atom. The molecule has 0 aliphatic carbocycles. The molecule has 7 nitrogen and oxygen atoms in total. The third-order valence-corrected chi connectivity index (χ3v) is 5.92. The van der Waals surface area contributed by atoms with Crippen LogP contribution in [0.3, 0.4) is 0 Å². The van der Waals surface area contributed by atoms with Gasteiger partial charge in [0.15, 0.2) is 5.75 Å². The van der Waals surface area contributed by atoms with Gasteiger partial charge in [-0.3, -0.25) is 0 Å². The van der Waals surface area contributed by atoms with Crippen LogP contribution in [0.1, 0.15) is 38.0 Å². The zero-order valence-corrected chi connectivity index (χ0v) is 21.3. The molecule has 0 aliphatic heterocycles. The molecule has 0 fully saturated rings. The summed E-state index contributed by atoms with van der Waals surface area (Å²) in [5, 5.41) is 10.7. The van der Waals surface area contributed by atoms with Gasteiger partial charge in [0.2, 0.25) is 0 Å². The van der Waals surface area contributed by atoms with Crippen molar-refractivity contribution in [3.05, 3.63) is 63.6 Å². The standard InChI is InChI=1S/C22H24Cl2F3NO6S/c1-21(2,3)33-20(30)28(13-18(29)15-5-4-6-16(23)12-15)10-9-14-7-8-19(17(24)11-14)34-35(31,32)22(25,26)27/h4-8,11-12,18,29H,9-10,13H2,1-3H3. The van der Waals surface area contributed by atoms with E-state index in [4.69, 9.17) is 27.9 Å². The molecule has 35 heavy (non-hydrogen) atoms. The van der Waals surface area contributed by atoms with Gasteiger partial charge >= 0.3 is 21.7 Å². The molecule has 1 unspecified atom stereocenters. The normalized spacial score (nSPS) is 13.3. The Morgan fingerprint density at radius 1 is 1.11 bits per heavy atom. The molecule has 2 aromatic carbocycles. The van der Waals surface area contributed by atoms with Crippen LogP contribution in [0.2, 0.25) is 10.0 Å². The molecule has 0 aromatic heterocycles. The van der Waals surface area contributed by atoms with E-state index in [0.717, 1.165) is 6.07 Å². The van der Waals surface area contributed by atoms with Gasteiger partial charge in [0, 0.05) is 11.6 Å². The van der Waals surface area contributed by atoms with E-state index >= 15 is 0 Å². The number of alkyl halides is 3. The molecule has 1 N–H and O–H groups in total. The number of aliphatic hydroxyl groups excluding tert-OH is 1. The van der Waals surface area contributed by atoms with Crippen LogP contribution in [-0.2, 0) is 21.3 Å². The van der Waals surface area contributed by atoms with Gasteiger partial charge in [-0.15, -0.1) is 0 Å². The summed E-state index contributed by atoms with van der Waals surface area (Å²) < 4.78 is 69.5. The van der Waals surface area contributed by atoms with E-state index in [1.165, 1.54) is 17.0 Å². The van der Waals surface area contributed by atoms with Gasteiger partial charge in [-0.05, 0) is 62.6 Å². The fourth-order valence-electron chi connectivity index (χ4n) is 2.81. The first kappa shape index (κ1) is 29.0. The van der Waals surface area contributed by atoms with E-state index in [-0.39, 0.29) is 24.5 Å². The Balaban J connectivity index is 2.17. The minimum atomic E-state index is -5.87. The minimum absolute atomic E-state index is 0.0456. The van der Waals surface area contributed by atoms with Gasteiger partial charge in [-0.1, -0.05) is 41.4 Å². The number of aliphatic hydroxyl groups is 1. The zero-order chi connectivity index (χ0) is 26.6. The van der Waals surface area contributed by atoms with Crippen molar-refractivity contribution in [1.29, 1.82) is 0 Å². The van der Waals surface area contributed by atoms with Gasteiger partial charge in [0.25, 0.3) is 0 Å². The van der Waals surface area contributed by atoms with E-state index < -0.39 is 39.2 Å². The quantitative estimate of drug-likeness (QED) is 0.329. The molecule has 1 amide bonds. The molecule has 0 radical (unpaired) electrons. The molecule has 194 valence electrons. The molecule has 0 saturated carbocycles. The van der Waals surface area contributed by atoms with E-state index in [2.05, 4.69) is 4.18 Å². The van der Waals surface area contributed by atoms with Crippen LogP contribution in [0.15, 0.2) is 42.5 Å². The number of halogens is 5. The summed E-state index contributed by atoms with van der Waals surface area (Å²) in [6.45, 7) is 4.97. The first-order chi connectivity index (χ1) is 16.0. The van der Waals surface area contributed by atoms with E-state index in [0.29, 0.717) is 16.1 Å². The van der Waals surface area contributed by atoms with Crippen LogP contribution < -0.4 is 4.18 Å². The Hall–Kier alpha value is -2.21. The Bertz CT molecular complexity index is 1150. The average molecular weight is 558 g/mol. The lowest BCUT2D eigenvalue weighted by molar-refractivity contribution is -0.0500. The largest absolute Gasteiger partial charge is 0.534 e. The topological polar surface area (TPSA) is 93.1 Å². The number of hydrogen-bond donors (Lipinski definition) is 1. The van der Waals surface area contributed by atoms with Gasteiger partial charge in [-0.25, -0.2) is 4.79 Å². The summed E-state index contributed by atoms with van der Waals surface area (Å²) in [6, 6.07) is 10.0. The molecule has 0 aliphatic rings. The fraction of sp³-hybridized carbons (Fsp3) is 0.409. The highest BCUT2D eigenvalue weighted by atomic mass is 35.5. The molecule has 2 aromatic rings. The Labute approximate surface area is 211 Å². The predicted molar refractivity (Wildman–Crippen MR) is 125 cm³/mol. The molecule has 0 spiro atoms. The molecule has 0 bridgehead atoms. The highest BCUT2D eigenvalue weighted by Gasteiger charge is 2.48. The van der Waals surface area contributed by atoms with Crippen molar-refractivity contribution in [1.82, 2.24) is 4.90 Å². The molecular weight excluding hydrogens is 534 g/mol. The Kier molecular flexibility index (Phi) is 9.32. The number of carbonyl (C=O) groups is 1. The van der Waals surface area contributed by atoms with Crippen molar-refractivity contribution in [2.75, 3.05) is 13.1 Å². The molecule has 0 saturated heterocycles. The zero-order valence-electron chi connectivity index (χ0n) is 19.0. The third-order valence-electron chi connectivity index (χ3n) is 4.43. The fourth-order valence-corrected chi connectivity index (χ4v) is 3.77. The van der Waals surface area contributed by atoms with E-state index in [1.54, 1.807) is 45.0 Å². The first-order valence-electron chi connectivity index (χ1n) is 10.2. The maximum absolute atomic E-state index is 12.7. The molecule has 13 heteroatoms. The summed E-state index contributed by atoms with van der Waals surface area (Å²) in [4.78, 5) is 14.0. The number of benzene rings is 2. The van der Waals surface area contributed by atoms with Crippen LogP contribution in [0, 0.1) is 0 Å². The van der Waals surface area contributed by atoms with Gasteiger partial charge in [0.1, 0.15) is 5.60 Å². The summed E-state index contributed by atoms with van der Waals surface area (Å²) in [5.41, 5.74) is -5.45. The maximum Gasteiger partial charge on any atom is 0.534 e. The van der Waals surface area contributed by atoms with Crippen LogP contribution >= 0.6 is 23.2 Å². The second-order valence-electron chi connectivity index (χ2n) is 8.50. The van der Waals surface area contributed by atoms with Crippen LogP contribution in [-0.4, -0.2) is 48.7 Å². The maximum atomic E-state index is 12.7. The summed E-state index contributed by atoms with van der Waals surface area (Å²) >= 11 is 11.9.